The van der Waals surface area contributed by atoms with Crippen molar-refractivity contribution in [3.63, 3.8) is 0 Å². The summed E-state index contributed by atoms with van der Waals surface area (Å²) < 4.78 is 57.9. The highest BCUT2D eigenvalue weighted by molar-refractivity contribution is 6.01. The standard InChI is InChI=1S/C32H32F3N5O3/c1-2-22-25(34)5-4-17-8-21(41)10-23(26(17)22)28-27(35)29-24(12-36-28)30(40-19-9-20(40)15-42-14-19)38-31(37-29)43-16-32-6-3-7-39(32)13-18(33)11-32/h4-5,8,10,12,18-20,41H,2-3,6-7,9,11,13-16H2,1H3/t18-,19-,20+,32?/m1/s1. The molecule has 6 heterocycles. The number of rotatable bonds is 6. The van der Waals surface area contributed by atoms with Gasteiger partial charge in [0.2, 0.25) is 0 Å². The second-order valence-corrected chi connectivity index (χ2v) is 12.3. The van der Waals surface area contributed by atoms with Gasteiger partial charge >= 0.3 is 6.01 Å². The second kappa shape index (κ2) is 9.92. The number of halogens is 3. The first kappa shape index (κ1) is 26.9. The molecule has 4 aromatic rings. The smallest absolute Gasteiger partial charge is 0.319 e. The van der Waals surface area contributed by atoms with Gasteiger partial charge in [0, 0.05) is 24.7 Å². The molecule has 0 spiro atoms. The topological polar surface area (TPSA) is 83.8 Å². The molecule has 224 valence electrons. The van der Waals surface area contributed by atoms with Crippen LogP contribution in [-0.4, -0.2) is 81.7 Å². The number of hydrogen-bond donors (Lipinski definition) is 1. The first-order valence-electron chi connectivity index (χ1n) is 15.0. The van der Waals surface area contributed by atoms with Gasteiger partial charge in [-0.1, -0.05) is 13.0 Å². The van der Waals surface area contributed by atoms with E-state index in [4.69, 9.17) is 14.5 Å². The number of phenols is 1. The van der Waals surface area contributed by atoms with Gasteiger partial charge in [0.25, 0.3) is 0 Å². The van der Waals surface area contributed by atoms with Crippen LogP contribution in [0.25, 0.3) is 32.9 Å². The van der Waals surface area contributed by atoms with E-state index in [0.717, 1.165) is 25.8 Å². The van der Waals surface area contributed by atoms with E-state index in [9.17, 15) is 13.9 Å². The molecule has 4 fully saturated rings. The number of aromatic nitrogens is 3. The van der Waals surface area contributed by atoms with Crippen molar-refractivity contribution in [3.05, 3.63) is 47.7 Å². The lowest BCUT2D eigenvalue weighted by Crippen LogP contribution is -2.64. The van der Waals surface area contributed by atoms with Crippen LogP contribution >= 0.6 is 0 Å². The number of nitrogens with zero attached hydrogens (tertiary/aromatic N) is 5. The highest BCUT2D eigenvalue weighted by atomic mass is 19.1. The summed E-state index contributed by atoms with van der Waals surface area (Å²) >= 11 is 0. The van der Waals surface area contributed by atoms with Crippen LogP contribution in [0.1, 0.15) is 38.2 Å². The van der Waals surface area contributed by atoms with Crippen molar-refractivity contribution in [2.45, 2.75) is 62.8 Å². The van der Waals surface area contributed by atoms with Gasteiger partial charge in [-0.3, -0.25) is 9.88 Å². The zero-order valence-corrected chi connectivity index (χ0v) is 23.8. The average Bonchev–Trinajstić information content (AvgIpc) is 3.52. The predicted molar refractivity (Wildman–Crippen MR) is 155 cm³/mol. The van der Waals surface area contributed by atoms with Crippen molar-refractivity contribution in [2.24, 2.45) is 0 Å². The number of hydrogen-bond acceptors (Lipinski definition) is 8. The third-order valence-corrected chi connectivity index (χ3v) is 9.83. The van der Waals surface area contributed by atoms with Gasteiger partial charge in [-0.2, -0.15) is 9.97 Å². The van der Waals surface area contributed by atoms with E-state index in [1.165, 1.54) is 18.2 Å². The second-order valence-electron chi connectivity index (χ2n) is 12.3. The summed E-state index contributed by atoms with van der Waals surface area (Å²) in [6.45, 7) is 4.35. The molecule has 4 atom stereocenters. The molecule has 0 amide bonds. The van der Waals surface area contributed by atoms with Gasteiger partial charge in [0.05, 0.1) is 36.2 Å². The Balaban J connectivity index is 1.28. The monoisotopic (exact) mass is 591 g/mol. The summed E-state index contributed by atoms with van der Waals surface area (Å²) in [5.41, 5.74) is 0.258. The number of aromatic hydroxyl groups is 1. The number of fused-ring (bicyclic) bond motifs is 5. The Kier molecular flexibility index (Phi) is 6.20. The Labute approximate surface area is 246 Å². The third kappa shape index (κ3) is 4.15. The van der Waals surface area contributed by atoms with E-state index in [1.54, 1.807) is 12.3 Å². The Bertz CT molecular complexity index is 1760. The number of alkyl halides is 1. The molecule has 11 heteroatoms. The van der Waals surface area contributed by atoms with Crippen LogP contribution in [0, 0.1) is 11.6 Å². The number of phenolic OH excluding ortho intramolecular Hbond substituents is 1. The Morgan fingerprint density at radius 3 is 2.79 bits per heavy atom. The zero-order valence-electron chi connectivity index (χ0n) is 23.8. The number of aryl methyl sites for hydroxylation is 1. The summed E-state index contributed by atoms with van der Waals surface area (Å²) in [5.74, 6) is -0.672. The average molecular weight is 592 g/mol. The van der Waals surface area contributed by atoms with E-state index in [-0.39, 0.29) is 47.2 Å². The van der Waals surface area contributed by atoms with Crippen LogP contribution in [0.3, 0.4) is 0 Å². The van der Waals surface area contributed by atoms with Crippen molar-refractivity contribution in [2.75, 3.05) is 37.8 Å². The van der Waals surface area contributed by atoms with E-state index >= 15 is 4.39 Å². The van der Waals surface area contributed by atoms with Crippen molar-refractivity contribution >= 4 is 27.5 Å². The summed E-state index contributed by atoms with van der Waals surface area (Å²) in [7, 11) is 0. The molecule has 2 aromatic carbocycles. The maximum absolute atomic E-state index is 16.7. The van der Waals surface area contributed by atoms with Crippen LogP contribution in [0.4, 0.5) is 19.0 Å². The van der Waals surface area contributed by atoms with E-state index in [0.29, 0.717) is 60.1 Å². The molecule has 1 N–H and O–H groups in total. The fourth-order valence-corrected chi connectivity index (χ4v) is 7.83. The quantitative estimate of drug-likeness (QED) is 0.323. The van der Waals surface area contributed by atoms with Gasteiger partial charge in [-0.15, -0.1) is 0 Å². The van der Waals surface area contributed by atoms with Gasteiger partial charge in [-0.05, 0) is 66.8 Å². The Morgan fingerprint density at radius 1 is 1.16 bits per heavy atom. The molecule has 0 aliphatic carbocycles. The molecule has 8 rings (SSSR count). The number of pyridine rings is 1. The van der Waals surface area contributed by atoms with Crippen molar-refractivity contribution < 1.29 is 27.8 Å². The minimum Gasteiger partial charge on any atom is -0.508 e. The molecule has 4 saturated heterocycles. The van der Waals surface area contributed by atoms with Crippen LogP contribution < -0.4 is 9.64 Å². The normalized spacial score (nSPS) is 26.7. The van der Waals surface area contributed by atoms with Gasteiger partial charge < -0.3 is 19.5 Å². The molecule has 2 aromatic heterocycles. The van der Waals surface area contributed by atoms with Crippen molar-refractivity contribution in [3.8, 4) is 23.0 Å². The predicted octanol–water partition coefficient (Wildman–Crippen LogP) is 5.32. The largest absolute Gasteiger partial charge is 0.508 e. The summed E-state index contributed by atoms with van der Waals surface area (Å²) in [4.78, 5) is 18.1. The van der Waals surface area contributed by atoms with Crippen LogP contribution in [-0.2, 0) is 11.2 Å². The van der Waals surface area contributed by atoms with Crippen molar-refractivity contribution in [1.29, 1.82) is 0 Å². The van der Waals surface area contributed by atoms with Gasteiger partial charge in [0.1, 0.15) is 41.4 Å². The molecule has 8 nitrogen and oxygen atoms in total. The summed E-state index contributed by atoms with van der Waals surface area (Å²) in [6, 6.07) is 6.09. The molecule has 4 aliphatic rings. The van der Waals surface area contributed by atoms with E-state index in [2.05, 4.69) is 19.8 Å². The maximum atomic E-state index is 16.7. The Morgan fingerprint density at radius 2 is 2.00 bits per heavy atom. The zero-order chi connectivity index (χ0) is 29.5. The lowest BCUT2D eigenvalue weighted by atomic mass is 9.91. The molecule has 4 aliphatic heterocycles. The fraction of sp³-hybridized carbons (Fsp3) is 0.469. The lowest BCUT2D eigenvalue weighted by molar-refractivity contribution is 0.00977. The minimum atomic E-state index is -0.904. The lowest BCUT2D eigenvalue weighted by Gasteiger charge is -2.53. The number of morpholine rings is 1. The highest BCUT2D eigenvalue weighted by Gasteiger charge is 2.50. The SMILES string of the molecule is CCc1c(F)ccc2cc(O)cc(-c3ncc4c(N5[C@@H]6COC[C@H]5C6)nc(OCC56CCCN5C[C@H](F)C6)nc4c3F)c12. The van der Waals surface area contributed by atoms with Crippen molar-refractivity contribution in [1.82, 2.24) is 19.9 Å². The van der Waals surface area contributed by atoms with Crippen LogP contribution in [0.5, 0.6) is 11.8 Å². The molecule has 43 heavy (non-hydrogen) atoms. The first-order chi connectivity index (χ1) is 20.8. The van der Waals surface area contributed by atoms with Crippen LogP contribution in [0.2, 0.25) is 0 Å². The minimum absolute atomic E-state index is 0.0223. The molecule has 0 radical (unpaired) electrons. The Hall–Kier alpha value is -3.70. The first-order valence-corrected chi connectivity index (χ1v) is 15.0. The molecular formula is C32H32F3N5O3. The molecular weight excluding hydrogens is 559 g/mol. The molecule has 0 saturated carbocycles. The third-order valence-electron chi connectivity index (χ3n) is 9.83. The van der Waals surface area contributed by atoms with E-state index < -0.39 is 23.3 Å². The van der Waals surface area contributed by atoms with Gasteiger partial charge in [0.15, 0.2) is 5.82 Å². The molecule has 2 bridgehead atoms. The fourth-order valence-electron chi connectivity index (χ4n) is 7.83. The van der Waals surface area contributed by atoms with E-state index in [1.807, 2.05) is 6.92 Å². The maximum Gasteiger partial charge on any atom is 0.319 e. The summed E-state index contributed by atoms with van der Waals surface area (Å²) in [6.07, 6.45) is 4.16. The number of ether oxygens (including phenoxy) is 2. The number of anilines is 1. The number of benzene rings is 2. The summed E-state index contributed by atoms with van der Waals surface area (Å²) in [5, 5.41) is 12.0. The van der Waals surface area contributed by atoms with Crippen LogP contribution in [0.15, 0.2) is 30.5 Å². The molecule has 1 unspecified atom stereocenters. The van der Waals surface area contributed by atoms with Gasteiger partial charge in [-0.25, -0.2) is 13.2 Å². The highest BCUT2D eigenvalue weighted by Crippen LogP contribution is 2.43.